The van der Waals surface area contributed by atoms with Gasteiger partial charge in [-0.05, 0) is 50.1 Å². The SMILES string of the molecule is Cc1cc(C(=O)NCc2ccco2)nc(N2c3ccccc3CC2C)n1. The fourth-order valence-corrected chi connectivity index (χ4v) is 3.32. The van der Waals surface area contributed by atoms with Crippen molar-refractivity contribution in [1.82, 2.24) is 15.3 Å². The number of rotatable bonds is 4. The molecule has 6 heteroatoms. The van der Waals surface area contributed by atoms with Crippen LogP contribution in [0.15, 0.2) is 53.1 Å². The summed E-state index contributed by atoms with van der Waals surface area (Å²) in [5, 5.41) is 2.84. The molecule has 1 atom stereocenters. The van der Waals surface area contributed by atoms with Crippen molar-refractivity contribution < 1.29 is 9.21 Å². The molecule has 0 saturated carbocycles. The maximum atomic E-state index is 12.5. The third-order valence-corrected chi connectivity index (χ3v) is 4.50. The summed E-state index contributed by atoms with van der Waals surface area (Å²) in [6, 6.07) is 13.8. The van der Waals surface area contributed by atoms with E-state index in [9.17, 15) is 4.79 Å². The minimum atomic E-state index is -0.242. The van der Waals surface area contributed by atoms with E-state index < -0.39 is 0 Å². The zero-order chi connectivity index (χ0) is 18.1. The van der Waals surface area contributed by atoms with Gasteiger partial charge >= 0.3 is 0 Å². The van der Waals surface area contributed by atoms with Gasteiger partial charge in [-0.2, -0.15) is 0 Å². The van der Waals surface area contributed by atoms with Crippen LogP contribution in [0.1, 0.15) is 34.4 Å². The van der Waals surface area contributed by atoms with Crippen molar-refractivity contribution in [2.75, 3.05) is 4.90 Å². The lowest BCUT2D eigenvalue weighted by Gasteiger charge is -2.23. The van der Waals surface area contributed by atoms with Crippen LogP contribution in [0.25, 0.3) is 0 Å². The Balaban J connectivity index is 1.61. The van der Waals surface area contributed by atoms with Crippen LogP contribution < -0.4 is 10.2 Å². The molecule has 2 aromatic heterocycles. The molecular weight excluding hydrogens is 328 g/mol. The van der Waals surface area contributed by atoms with Crippen LogP contribution in [0, 0.1) is 6.92 Å². The predicted octanol–water partition coefficient (Wildman–Crippen LogP) is 3.39. The average Bonchev–Trinajstić information content (AvgIpc) is 3.25. The quantitative estimate of drug-likeness (QED) is 0.782. The van der Waals surface area contributed by atoms with Gasteiger partial charge in [-0.25, -0.2) is 9.97 Å². The number of hydrogen-bond acceptors (Lipinski definition) is 5. The van der Waals surface area contributed by atoms with Crippen LogP contribution in [0.2, 0.25) is 0 Å². The Morgan fingerprint density at radius 1 is 1.27 bits per heavy atom. The van der Waals surface area contributed by atoms with Gasteiger partial charge in [0.15, 0.2) is 0 Å². The van der Waals surface area contributed by atoms with E-state index in [0.29, 0.717) is 23.9 Å². The zero-order valence-electron chi connectivity index (χ0n) is 14.8. The number of para-hydroxylation sites is 1. The molecule has 1 unspecified atom stereocenters. The Morgan fingerprint density at radius 3 is 2.92 bits per heavy atom. The standard InChI is InChI=1S/C20H20N4O2/c1-13-10-17(19(25)21-12-16-7-5-9-26-16)23-20(22-13)24-14(2)11-15-6-3-4-8-18(15)24/h3-10,14H,11-12H2,1-2H3,(H,21,25). The second-order valence-electron chi connectivity index (χ2n) is 6.51. The van der Waals surface area contributed by atoms with E-state index in [4.69, 9.17) is 4.42 Å². The van der Waals surface area contributed by atoms with Crippen LogP contribution in [-0.2, 0) is 13.0 Å². The Morgan fingerprint density at radius 2 is 2.12 bits per heavy atom. The molecule has 0 radical (unpaired) electrons. The number of fused-ring (bicyclic) bond motifs is 1. The van der Waals surface area contributed by atoms with Gasteiger partial charge in [-0.15, -0.1) is 0 Å². The number of carbonyl (C=O) groups excluding carboxylic acids is 1. The minimum absolute atomic E-state index is 0.242. The highest BCUT2D eigenvalue weighted by Gasteiger charge is 2.29. The molecule has 3 aromatic rings. The van der Waals surface area contributed by atoms with Gasteiger partial charge in [0.1, 0.15) is 11.5 Å². The molecule has 3 heterocycles. The van der Waals surface area contributed by atoms with Crippen molar-refractivity contribution in [2.45, 2.75) is 32.9 Å². The fraction of sp³-hybridized carbons (Fsp3) is 0.250. The molecule has 4 rings (SSSR count). The first-order valence-corrected chi connectivity index (χ1v) is 8.65. The second kappa shape index (κ2) is 6.63. The van der Waals surface area contributed by atoms with E-state index in [2.05, 4.69) is 39.2 Å². The number of carbonyl (C=O) groups is 1. The monoisotopic (exact) mass is 348 g/mol. The summed E-state index contributed by atoms with van der Waals surface area (Å²) in [4.78, 5) is 23.7. The van der Waals surface area contributed by atoms with E-state index >= 15 is 0 Å². The number of nitrogens with one attached hydrogen (secondary N) is 1. The van der Waals surface area contributed by atoms with Crippen molar-refractivity contribution in [3.63, 3.8) is 0 Å². The first kappa shape index (κ1) is 16.3. The first-order chi connectivity index (χ1) is 12.6. The fourth-order valence-electron chi connectivity index (χ4n) is 3.32. The van der Waals surface area contributed by atoms with Gasteiger partial charge in [0.2, 0.25) is 5.95 Å². The normalized spacial score (nSPS) is 15.8. The number of amides is 1. The topological polar surface area (TPSA) is 71.3 Å². The number of aromatic nitrogens is 2. The number of nitrogens with zero attached hydrogens (tertiary/aromatic N) is 3. The van der Waals surface area contributed by atoms with Gasteiger partial charge in [0.25, 0.3) is 5.91 Å². The Bertz CT molecular complexity index is 937. The van der Waals surface area contributed by atoms with E-state index in [1.54, 1.807) is 18.4 Å². The molecule has 0 fully saturated rings. The molecule has 0 bridgehead atoms. The molecule has 1 amide bonds. The van der Waals surface area contributed by atoms with Crippen molar-refractivity contribution in [3.05, 3.63) is 71.4 Å². The Labute approximate surface area is 151 Å². The van der Waals surface area contributed by atoms with Crippen molar-refractivity contribution >= 4 is 17.5 Å². The summed E-state index contributed by atoms with van der Waals surface area (Å²) in [6.07, 6.45) is 2.52. The van der Waals surface area contributed by atoms with Crippen molar-refractivity contribution in [2.24, 2.45) is 0 Å². The number of aryl methyl sites for hydroxylation is 1. The van der Waals surface area contributed by atoms with Gasteiger partial charge in [0.05, 0.1) is 12.8 Å². The first-order valence-electron chi connectivity index (χ1n) is 8.65. The van der Waals surface area contributed by atoms with Crippen LogP contribution in [0.3, 0.4) is 0 Å². The van der Waals surface area contributed by atoms with Crippen LogP contribution in [-0.4, -0.2) is 21.9 Å². The van der Waals surface area contributed by atoms with Crippen LogP contribution >= 0.6 is 0 Å². The molecule has 1 aromatic carbocycles. The highest BCUT2D eigenvalue weighted by molar-refractivity contribution is 5.92. The highest BCUT2D eigenvalue weighted by Crippen LogP contribution is 2.36. The number of furan rings is 1. The number of anilines is 2. The van der Waals surface area contributed by atoms with Crippen LogP contribution in [0.4, 0.5) is 11.6 Å². The molecule has 1 N–H and O–H groups in total. The molecule has 132 valence electrons. The molecule has 1 aliphatic heterocycles. The smallest absolute Gasteiger partial charge is 0.270 e. The molecular formula is C20H20N4O2. The Kier molecular flexibility index (Phi) is 4.16. The summed E-state index contributed by atoms with van der Waals surface area (Å²) in [5.74, 6) is 1.02. The van der Waals surface area contributed by atoms with Gasteiger partial charge in [0, 0.05) is 17.4 Å². The maximum absolute atomic E-state index is 12.5. The zero-order valence-corrected chi connectivity index (χ0v) is 14.8. The second-order valence-corrected chi connectivity index (χ2v) is 6.51. The highest BCUT2D eigenvalue weighted by atomic mass is 16.3. The average molecular weight is 348 g/mol. The molecule has 6 nitrogen and oxygen atoms in total. The van der Waals surface area contributed by atoms with E-state index in [0.717, 1.165) is 17.8 Å². The van der Waals surface area contributed by atoms with Gasteiger partial charge < -0.3 is 14.6 Å². The van der Waals surface area contributed by atoms with Crippen molar-refractivity contribution in [1.29, 1.82) is 0 Å². The van der Waals surface area contributed by atoms with E-state index in [1.807, 2.05) is 25.1 Å². The predicted molar refractivity (Wildman–Crippen MR) is 98.4 cm³/mol. The third-order valence-electron chi connectivity index (χ3n) is 4.50. The maximum Gasteiger partial charge on any atom is 0.270 e. The molecule has 0 aliphatic carbocycles. The molecule has 0 saturated heterocycles. The lowest BCUT2D eigenvalue weighted by Crippen LogP contribution is -2.28. The van der Waals surface area contributed by atoms with Crippen LogP contribution in [0.5, 0.6) is 0 Å². The largest absolute Gasteiger partial charge is 0.467 e. The van der Waals surface area contributed by atoms with Gasteiger partial charge in [-0.3, -0.25) is 4.79 Å². The molecule has 0 spiro atoms. The summed E-state index contributed by atoms with van der Waals surface area (Å²) >= 11 is 0. The summed E-state index contributed by atoms with van der Waals surface area (Å²) in [7, 11) is 0. The minimum Gasteiger partial charge on any atom is -0.467 e. The molecule has 26 heavy (non-hydrogen) atoms. The summed E-state index contributed by atoms with van der Waals surface area (Å²) < 4.78 is 5.25. The summed E-state index contributed by atoms with van der Waals surface area (Å²) in [5.41, 5.74) is 3.49. The van der Waals surface area contributed by atoms with Crippen molar-refractivity contribution in [3.8, 4) is 0 Å². The summed E-state index contributed by atoms with van der Waals surface area (Å²) in [6.45, 7) is 4.34. The molecule has 1 aliphatic rings. The lowest BCUT2D eigenvalue weighted by atomic mass is 10.1. The van der Waals surface area contributed by atoms with Gasteiger partial charge in [-0.1, -0.05) is 18.2 Å². The number of benzene rings is 1. The van der Waals surface area contributed by atoms with E-state index in [-0.39, 0.29) is 11.9 Å². The lowest BCUT2D eigenvalue weighted by molar-refractivity contribution is 0.0943. The third kappa shape index (κ3) is 3.06. The number of hydrogen-bond donors (Lipinski definition) is 1. The van der Waals surface area contributed by atoms with E-state index in [1.165, 1.54) is 5.56 Å². The Hall–Kier alpha value is -3.15.